The first-order valence-corrected chi connectivity index (χ1v) is 4.80. The van der Waals surface area contributed by atoms with Crippen molar-refractivity contribution in [2.75, 3.05) is 0 Å². The molecule has 1 aromatic rings. The summed E-state index contributed by atoms with van der Waals surface area (Å²) in [7, 11) is 0. The van der Waals surface area contributed by atoms with Crippen LogP contribution in [0.15, 0.2) is 35.0 Å². The van der Waals surface area contributed by atoms with Gasteiger partial charge in [0.15, 0.2) is 0 Å². The first-order chi connectivity index (χ1) is 8.08. The van der Waals surface area contributed by atoms with Crippen molar-refractivity contribution in [1.29, 1.82) is 0 Å². The number of nitro groups is 1. The lowest BCUT2D eigenvalue weighted by atomic mass is 10.1. The molecule has 1 aliphatic rings. The first-order valence-electron chi connectivity index (χ1n) is 4.80. The van der Waals surface area contributed by atoms with Crippen LogP contribution in [-0.4, -0.2) is 16.6 Å². The summed E-state index contributed by atoms with van der Waals surface area (Å²) in [5.74, 6) is -0.513. The molecule has 0 atom stereocenters. The van der Waals surface area contributed by atoms with E-state index in [0.29, 0.717) is 16.8 Å². The Labute approximate surface area is 96.3 Å². The maximum absolute atomic E-state index is 11.3. The van der Waals surface area contributed by atoms with E-state index in [1.165, 1.54) is 12.1 Å². The molecule has 1 aromatic carbocycles. The molecule has 0 aliphatic carbocycles. The highest BCUT2D eigenvalue weighted by atomic mass is 16.7. The molecule has 1 heterocycles. The summed E-state index contributed by atoms with van der Waals surface area (Å²) in [6.07, 6.45) is 1.58. The highest BCUT2D eigenvalue weighted by Gasteiger charge is 2.21. The number of oxime groups is 1. The maximum Gasteiger partial charge on any atom is 0.367 e. The number of rotatable bonds is 2. The highest BCUT2D eigenvalue weighted by Crippen LogP contribution is 2.17. The van der Waals surface area contributed by atoms with E-state index in [4.69, 9.17) is 0 Å². The van der Waals surface area contributed by atoms with Crippen LogP contribution < -0.4 is 0 Å². The van der Waals surface area contributed by atoms with E-state index < -0.39 is 10.9 Å². The number of carbonyl (C=O) groups is 1. The number of benzene rings is 1. The van der Waals surface area contributed by atoms with E-state index in [2.05, 4.69) is 9.99 Å². The molecule has 17 heavy (non-hydrogen) atoms. The highest BCUT2D eigenvalue weighted by molar-refractivity contribution is 6.24. The molecule has 0 saturated carbocycles. The summed E-state index contributed by atoms with van der Waals surface area (Å²) in [5.41, 5.74) is 1.54. The van der Waals surface area contributed by atoms with Crippen molar-refractivity contribution in [1.82, 2.24) is 0 Å². The number of hydrogen-bond donors (Lipinski definition) is 0. The standard InChI is InChI=1S/C11H8N2O4/c1-7-10(11(14)17-12-7)6-8-2-4-9(5-3-8)13(15)16/h2-6H,1H3/b10-6+. The third-order valence-corrected chi connectivity index (χ3v) is 2.29. The van der Waals surface area contributed by atoms with Gasteiger partial charge in [-0.1, -0.05) is 5.16 Å². The van der Waals surface area contributed by atoms with Crippen LogP contribution in [0.3, 0.4) is 0 Å². The summed E-state index contributed by atoms with van der Waals surface area (Å²) in [6.45, 7) is 1.65. The van der Waals surface area contributed by atoms with Gasteiger partial charge in [-0.25, -0.2) is 4.79 Å². The Balaban J connectivity index is 2.30. The second-order valence-electron chi connectivity index (χ2n) is 3.46. The van der Waals surface area contributed by atoms with Gasteiger partial charge in [-0.15, -0.1) is 0 Å². The topological polar surface area (TPSA) is 81.8 Å². The summed E-state index contributed by atoms with van der Waals surface area (Å²) >= 11 is 0. The molecule has 0 fully saturated rings. The van der Waals surface area contributed by atoms with Gasteiger partial charge in [0, 0.05) is 12.1 Å². The van der Waals surface area contributed by atoms with E-state index in [-0.39, 0.29) is 5.69 Å². The van der Waals surface area contributed by atoms with Gasteiger partial charge in [0.2, 0.25) is 0 Å². The summed E-state index contributed by atoms with van der Waals surface area (Å²) in [4.78, 5) is 25.7. The minimum atomic E-state index is -0.513. The molecule has 2 rings (SSSR count). The second kappa shape index (κ2) is 4.17. The van der Waals surface area contributed by atoms with Crippen LogP contribution in [0, 0.1) is 10.1 Å². The van der Waals surface area contributed by atoms with Gasteiger partial charge in [-0.05, 0) is 30.7 Å². The maximum atomic E-state index is 11.3. The lowest BCUT2D eigenvalue weighted by Crippen LogP contribution is -2.01. The van der Waals surface area contributed by atoms with Crippen LogP contribution in [0.1, 0.15) is 12.5 Å². The molecule has 0 amide bonds. The minimum absolute atomic E-state index is 0.00605. The third kappa shape index (κ3) is 2.20. The monoisotopic (exact) mass is 232 g/mol. The predicted octanol–water partition coefficient (Wildman–Crippen LogP) is 1.91. The van der Waals surface area contributed by atoms with Gasteiger partial charge >= 0.3 is 5.97 Å². The molecular weight excluding hydrogens is 224 g/mol. The van der Waals surface area contributed by atoms with Gasteiger partial charge in [0.25, 0.3) is 5.69 Å². The molecule has 0 N–H and O–H groups in total. The smallest absolute Gasteiger partial charge is 0.312 e. The fourth-order valence-electron chi connectivity index (χ4n) is 1.38. The lowest BCUT2D eigenvalue weighted by Gasteiger charge is -1.95. The molecule has 0 bridgehead atoms. The average Bonchev–Trinajstić information content (AvgIpc) is 2.61. The van der Waals surface area contributed by atoms with E-state index in [1.54, 1.807) is 25.1 Å². The number of non-ortho nitro benzene ring substituents is 1. The Morgan fingerprint density at radius 3 is 2.47 bits per heavy atom. The molecule has 0 radical (unpaired) electrons. The van der Waals surface area contributed by atoms with Crippen molar-refractivity contribution in [3.8, 4) is 0 Å². The Kier molecular flexibility index (Phi) is 2.70. The van der Waals surface area contributed by atoms with Crippen molar-refractivity contribution < 1.29 is 14.6 Å². The largest absolute Gasteiger partial charge is 0.367 e. The van der Waals surface area contributed by atoms with Crippen LogP contribution in [0.5, 0.6) is 0 Å². The van der Waals surface area contributed by atoms with E-state index in [1.807, 2.05) is 0 Å². The molecule has 0 unspecified atom stereocenters. The van der Waals surface area contributed by atoms with Gasteiger partial charge in [-0.3, -0.25) is 10.1 Å². The normalized spacial score (nSPS) is 16.9. The summed E-state index contributed by atoms with van der Waals surface area (Å²) < 4.78 is 0. The van der Waals surface area contributed by atoms with Gasteiger partial charge in [-0.2, -0.15) is 0 Å². The van der Waals surface area contributed by atoms with Crippen LogP contribution >= 0.6 is 0 Å². The van der Waals surface area contributed by atoms with Crippen molar-refractivity contribution in [2.24, 2.45) is 5.16 Å². The zero-order valence-electron chi connectivity index (χ0n) is 8.91. The Morgan fingerprint density at radius 2 is 2.00 bits per heavy atom. The zero-order valence-corrected chi connectivity index (χ0v) is 8.91. The van der Waals surface area contributed by atoms with Gasteiger partial charge < -0.3 is 4.84 Å². The summed E-state index contributed by atoms with van der Waals surface area (Å²) in [5, 5.41) is 14.0. The van der Waals surface area contributed by atoms with Gasteiger partial charge in [0.05, 0.1) is 16.2 Å². The first kappa shape index (κ1) is 11.0. The van der Waals surface area contributed by atoms with E-state index in [0.717, 1.165) is 0 Å². The van der Waals surface area contributed by atoms with Crippen LogP contribution in [0.25, 0.3) is 6.08 Å². The number of nitrogens with zero attached hydrogens (tertiary/aromatic N) is 2. The molecule has 0 aromatic heterocycles. The van der Waals surface area contributed by atoms with Crippen LogP contribution in [0.2, 0.25) is 0 Å². The number of nitro benzene ring substituents is 1. The van der Waals surface area contributed by atoms with Crippen LogP contribution in [-0.2, 0) is 9.63 Å². The molecule has 6 nitrogen and oxygen atoms in total. The lowest BCUT2D eigenvalue weighted by molar-refractivity contribution is -0.384. The fourth-order valence-corrected chi connectivity index (χ4v) is 1.38. The van der Waals surface area contributed by atoms with Crippen molar-refractivity contribution >= 4 is 23.4 Å². The SMILES string of the molecule is CC1=NOC(=O)/C1=C/c1ccc([N+](=O)[O-])cc1. The summed E-state index contributed by atoms with van der Waals surface area (Å²) in [6, 6.07) is 5.87. The zero-order chi connectivity index (χ0) is 12.4. The van der Waals surface area contributed by atoms with Crippen molar-refractivity contribution in [3.05, 3.63) is 45.5 Å². The molecular formula is C11H8N2O4. The number of hydrogen-bond acceptors (Lipinski definition) is 5. The predicted molar refractivity (Wildman–Crippen MR) is 60.3 cm³/mol. The Hall–Kier alpha value is -2.50. The minimum Gasteiger partial charge on any atom is -0.312 e. The Morgan fingerprint density at radius 1 is 1.35 bits per heavy atom. The van der Waals surface area contributed by atoms with Crippen molar-refractivity contribution in [3.63, 3.8) is 0 Å². The average molecular weight is 232 g/mol. The quantitative estimate of drug-likeness (QED) is 0.337. The molecule has 0 saturated heterocycles. The Bertz CT molecular complexity index is 543. The third-order valence-electron chi connectivity index (χ3n) is 2.29. The molecule has 1 aliphatic heterocycles. The fraction of sp³-hybridized carbons (Fsp3) is 0.0909. The van der Waals surface area contributed by atoms with E-state index in [9.17, 15) is 14.9 Å². The van der Waals surface area contributed by atoms with Crippen LogP contribution in [0.4, 0.5) is 5.69 Å². The molecule has 86 valence electrons. The second-order valence-corrected chi connectivity index (χ2v) is 3.46. The number of carbonyl (C=O) groups excluding carboxylic acids is 1. The van der Waals surface area contributed by atoms with Gasteiger partial charge in [0.1, 0.15) is 0 Å². The molecule has 0 spiro atoms. The van der Waals surface area contributed by atoms with Crippen molar-refractivity contribution in [2.45, 2.75) is 6.92 Å². The molecule has 6 heteroatoms. The van der Waals surface area contributed by atoms with E-state index >= 15 is 0 Å².